The number of hydrogen-bond acceptors (Lipinski definition) is 2. The Morgan fingerprint density at radius 2 is 1.69 bits per heavy atom. The molecule has 2 nitrogen and oxygen atoms in total. The Bertz CT molecular complexity index is 305. The number of nitrogens with zero attached hydrogens (tertiary/aromatic N) is 1. The molecule has 0 aromatic rings. The van der Waals surface area contributed by atoms with Gasteiger partial charge in [-0.05, 0) is 11.8 Å². The second kappa shape index (κ2) is 7.34. The zero-order chi connectivity index (χ0) is 11.8. The summed E-state index contributed by atoms with van der Waals surface area (Å²) in [6.07, 6.45) is 0. The molecule has 1 fully saturated rings. The highest BCUT2D eigenvalue weighted by atomic mass is 15.2. The molecule has 0 aromatic heterocycles. The van der Waals surface area contributed by atoms with Crippen LogP contribution in [-0.4, -0.2) is 37.6 Å². The zero-order valence-corrected chi connectivity index (χ0v) is 10.6. The highest BCUT2D eigenvalue weighted by Gasteiger charge is 2.11. The van der Waals surface area contributed by atoms with Gasteiger partial charge in [-0.3, -0.25) is 4.90 Å². The van der Waals surface area contributed by atoms with E-state index in [1.54, 1.807) is 0 Å². The first-order valence-electron chi connectivity index (χ1n) is 6.12. The van der Waals surface area contributed by atoms with E-state index in [2.05, 4.69) is 54.7 Å². The van der Waals surface area contributed by atoms with Crippen molar-refractivity contribution in [3.8, 4) is 23.7 Å². The first-order chi connectivity index (χ1) is 7.68. The van der Waals surface area contributed by atoms with Crippen LogP contribution in [0.25, 0.3) is 0 Å². The van der Waals surface area contributed by atoms with E-state index in [1.165, 1.54) is 0 Å². The predicted molar refractivity (Wildman–Crippen MR) is 68.9 cm³/mol. The van der Waals surface area contributed by atoms with Crippen molar-refractivity contribution in [2.75, 3.05) is 32.7 Å². The van der Waals surface area contributed by atoms with Gasteiger partial charge < -0.3 is 5.32 Å². The molecule has 1 heterocycles. The second-order valence-corrected chi connectivity index (χ2v) is 4.65. The Morgan fingerprint density at radius 1 is 1.06 bits per heavy atom. The van der Waals surface area contributed by atoms with Crippen LogP contribution >= 0.6 is 0 Å². The molecule has 1 aliphatic heterocycles. The molecule has 0 radical (unpaired) electrons. The highest BCUT2D eigenvalue weighted by Crippen LogP contribution is 1.99. The van der Waals surface area contributed by atoms with Crippen LogP contribution < -0.4 is 5.32 Å². The Hall–Kier alpha value is -0.960. The topological polar surface area (TPSA) is 15.3 Å². The molecule has 1 rings (SSSR count). The van der Waals surface area contributed by atoms with E-state index in [9.17, 15) is 0 Å². The summed E-state index contributed by atoms with van der Waals surface area (Å²) >= 11 is 0. The maximum Gasteiger partial charge on any atom is 0.0312 e. The predicted octanol–water partition coefficient (Wildman–Crippen LogP) is 1.19. The van der Waals surface area contributed by atoms with E-state index in [4.69, 9.17) is 0 Å². The minimum absolute atomic E-state index is 0.415. The van der Waals surface area contributed by atoms with E-state index in [-0.39, 0.29) is 0 Å². The van der Waals surface area contributed by atoms with Crippen molar-refractivity contribution in [2.24, 2.45) is 11.8 Å². The minimum Gasteiger partial charge on any atom is -0.314 e. The highest BCUT2D eigenvalue weighted by molar-refractivity contribution is 5.27. The molecule has 0 spiro atoms. The average molecular weight is 218 g/mol. The van der Waals surface area contributed by atoms with E-state index >= 15 is 0 Å². The van der Waals surface area contributed by atoms with Crippen LogP contribution in [0, 0.1) is 35.5 Å². The zero-order valence-electron chi connectivity index (χ0n) is 10.6. The molecule has 1 unspecified atom stereocenters. The second-order valence-electron chi connectivity index (χ2n) is 4.65. The van der Waals surface area contributed by atoms with Crippen LogP contribution in [0.1, 0.15) is 20.8 Å². The number of rotatable bonds is 2. The summed E-state index contributed by atoms with van der Waals surface area (Å²) in [7, 11) is 0. The van der Waals surface area contributed by atoms with Crippen molar-refractivity contribution in [1.82, 2.24) is 10.2 Å². The summed E-state index contributed by atoms with van der Waals surface area (Å²) in [6, 6.07) is 0. The molecule has 0 bridgehead atoms. The van der Waals surface area contributed by atoms with Gasteiger partial charge in [0.15, 0.2) is 0 Å². The van der Waals surface area contributed by atoms with Crippen LogP contribution in [0.2, 0.25) is 0 Å². The van der Waals surface area contributed by atoms with Gasteiger partial charge >= 0.3 is 0 Å². The summed E-state index contributed by atoms with van der Waals surface area (Å²) in [6.45, 7) is 11.9. The molecule has 1 N–H and O–H groups in total. The number of piperazine rings is 1. The molecule has 1 aliphatic rings. The Labute approximate surface area is 99.8 Å². The van der Waals surface area contributed by atoms with Crippen LogP contribution in [0.5, 0.6) is 0 Å². The molecular weight excluding hydrogens is 196 g/mol. The summed E-state index contributed by atoms with van der Waals surface area (Å²) in [4.78, 5) is 2.46. The van der Waals surface area contributed by atoms with Crippen LogP contribution in [0.3, 0.4) is 0 Å². The van der Waals surface area contributed by atoms with Crippen LogP contribution in [-0.2, 0) is 0 Å². The first kappa shape index (κ1) is 13.1. The molecule has 1 saturated heterocycles. The lowest BCUT2D eigenvalue weighted by molar-refractivity contribution is 0.227. The molecule has 0 aliphatic carbocycles. The lowest BCUT2D eigenvalue weighted by Gasteiger charge is -2.28. The van der Waals surface area contributed by atoms with Crippen molar-refractivity contribution in [3.63, 3.8) is 0 Å². The SMILES string of the molecule is CC(C)C#CC#CC(C)CN1CCNCC1. The maximum absolute atomic E-state index is 3.35. The summed E-state index contributed by atoms with van der Waals surface area (Å²) < 4.78 is 0. The summed E-state index contributed by atoms with van der Waals surface area (Å²) in [5.74, 6) is 13.0. The van der Waals surface area contributed by atoms with Crippen molar-refractivity contribution in [1.29, 1.82) is 0 Å². The smallest absolute Gasteiger partial charge is 0.0312 e. The molecule has 88 valence electrons. The van der Waals surface area contributed by atoms with Gasteiger partial charge in [0.1, 0.15) is 0 Å². The van der Waals surface area contributed by atoms with Crippen molar-refractivity contribution < 1.29 is 0 Å². The van der Waals surface area contributed by atoms with Crippen molar-refractivity contribution in [3.05, 3.63) is 0 Å². The average Bonchev–Trinajstić information content (AvgIpc) is 2.25. The first-order valence-corrected chi connectivity index (χ1v) is 6.12. The number of hydrogen-bond donors (Lipinski definition) is 1. The van der Waals surface area contributed by atoms with Gasteiger partial charge in [0.05, 0.1) is 0 Å². The monoisotopic (exact) mass is 218 g/mol. The summed E-state index contributed by atoms with van der Waals surface area (Å²) in [5.41, 5.74) is 0. The number of nitrogens with one attached hydrogen (secondary N) is 1. The normalized spacial score (nSPS) is 18.2. The standard InChI is InChI=1S/C14H22N2/c1-13(2)6-4-5-7-14(3)12-16-10-8-15-9-11-16/h13-15H,8-12H2,1-3H3. The van der Waals surface area contributed by atoms with Gasteiger partial charge in [0.25, 0.3) is 0 Å². The van der Waals surface area contributed by atoms with Crippen LogP contribution in [0.15, 0.2) is 0 Å². The Kier molecular flexibility index (Phi) is 6.01. The van der Waals surface area contributed by atoms with Crippen LogP contribution in [0.4, 0.5) is 0 Å². The van der Waals surface area contributed by atoms with Gasteiger partial charge in [-0.2, -0.15) is 0 Å². The van der Waals surface area contributed by atoms with Gasteiger partial charge in [-0.25, -0.2) is 0 Å². The van der Waals surface area contributed by atoms with E-state index in [0.29, 0.717) is 11.8 Å². The molecule has 1 atom stereocenters. The third-order valence-electron chi connectivity index (χ3n) is 2.48. The molecule has 0 aromatic carbocycles. The fourth-order valence-corrected chi connectivity index (χ4v) is 1.67. The molecule has 16 heavy (non-hydrogen) atoms. The molecule has 0 amide bonds. The Balaban J connectivity index is 2.29. The Morgan fingerprint density at radius 3 is 2.31 bits per heavy atom. The lowest BCUT2D eigenvalue weighted by atomic mass is 10.1. The van der Waals surface area contributed by atoms with Gasteiger partial charge in [-0.1, -0.05) is 32.6 Å². The summed E-state index contributed by atoms with van der Waals surface area (Å²) in [5, 5.41) is 3.35. The van der Waals surface area contributed by atoms with Gasteiger partial charge in [0, 0.05) is 44.6 Å². The van der Waals surface area contributed by atoms with Crippen molar-refractivity contribution >= 4 is 0 Å². The lowest BCUT2D eigenvalue weighted by Crippen LogP contribution is -2.44. The largest absolute Gasteiger partial charge is 0.314 e. The van der Waals surface area contributed by atoms with E-state index in [0.717, 1.165) is 32.7 Å². The van der Waals surface area contributed by atoms with E-state index in [1.807, 2.05) is 0 Å². The molecule has 0 saturated carbocycles. The fourth-order valence-electron chi connectivity index (χ4n) is 1.67. The third-order valence-corrected chi connectivity index (χ3v) is 2.48. The molecule has 2 heteroatoms. The maximum atomic E-state index is 3.35. The fraction of sp³-hybridized carbons (Fsp3) is 0.714. The van der Waals surface area contributed by atoms with E-state index < -0.39 is 0 Å². The quantitative estimate of drug-likeness (QED) is 0.700. The molecular formula is C14H22N2. The van der Waals surface area contributed by atoms with Crippen molar-refractivity contribution in [2.45, 2.75) is 20.8 Å². The van der Waals surface area contributed by atoms with Gasteiger partial charge in [-0.15, -0.1) is 0 Å². The third kappa shape index (κ3) is 5.81. The minimum atomic E-state index is 0.415. The van der Waals surface area contributed by atoms with Gasteiger partial charge in [0.2, 0.25) is 0 Å².